The Kier molecular flexibility index (Phi) is 7.77. The minimum Gasteiger partial charge on any atom is -1.00 e. The minimum absolute atomic E-state index is 0. The molecular formula is C20H32ClN6-. The number of halogens is 1. The summed E-state index contributed by atoms with van der Waals surface area (Å²) >= 11 is 0. The highest BCUT2D eigenvalue weighted by molar-refractivity contribution is 5.14. The number of aromatic nitrogens is 4. The topological polar surface area (TPSA) is 50.1 Å². The smallest absolute Gasteiger partial charge is 0.168 e. The van der Waals surface area contributed by atoms with E-state index in [4.69, 9.17) is 0 Å². The first-order valence-corrected chi connectivity index (χ1v) is 9.78. The highest BCUT2D eigenvalue weighted by Crippen LogP contribution is 2.28. The first kappa shape index (κ1) is 21.8. The van der Waals surface area contributed by atoms with Crippen LogP contribution in [0.2, 0.25) is 0 Å². The SMILES string of the molecule is CCCC(c1nnnn1C(C)(C)C)N1CCN(Cc2ccccc2)CC1.[Cl-]. The van der Waals surface area contributed by atoms with Gasteiger partial charge in [0, 0.05) is 32.7 Å². The summed E-state index contributed by atoms with van der Waals surface area (Å²) in [5.41, 5.74) is 1.29. The molecule has 6 nitrogen and oxygen atoms in total. The summed E-state index contributed by atoms with van der Waals surface area (Å²) < 4.78 is 2.00. The van der Waals surface area contributed by atoms with Gasteiger partial charge in [-0.25, -0.2) is 4.68 Å². The van der Waals surface area contributed by atoms with Crippen LogP contribution in [-0.2, 0) is 12.1 Å². The van der Waals surface area contributed by atoms with Gasteiger partial charge >= 0.3 is 0 Å². The molecule has 27 heavy (non-hydrogen) atoms. The van der Waals surface area contributed by atoms with Crippen molar-refractivity contribution in [3.63, 3.8) is 0 Å². The molecule has 1 aliphatic rings. The number of hydrogen-bond donors (Lipinski definition) is 0. The molecule has 2 heterocycles. The fourth-order valence-corrected chi connectivity index (χ4v) is 3.70. The summed E-state index contributed by atoms with van der Waals surface area (Å²) in [6, 6.07) is 11.0. The van der Waals surface area contributed by atoms with Crippen molar-refractivity contribution in [1.82, 2.24) is 30.0 Å². The first-order valence-electron chi connectivity index (χ1n) is 9.78. The molecule has 0 aliphatic carbocycles. The number of tetrazole rings is 1. The number of piperazine rings is 1. The molecule has 0 N–H and O–H groups in total. The predicted molar refractivity (Wildman–Crippen MR) is 104 cm³/mol. The lowest BCUT2D eigenvalue weighted by Crippen LogP contribution is -3.00. The van der Waals surface area contributed by atoms with Crippen LogP contribution < -0.4 is 12.4 Å². The molecule has 1 atom stereocenters. The van der Waals surface area contributed by atoms with Gasteiger partial charge in [-0.1, -0.05) is 43.7 Å². The second kappa shape index (κ2) is 9.62. The Morgan fingerprint density at radius 1 is 1.04 bits per heavy atom. The zero-order valence-electron chi connectivity index (χ0n) is 17.0. The van der Waals surface area contributed by atoms with Gasteiger partial charge in [-0.15, -0.1) is 5.10 Å². The summed E-state index contributed by atoms with van der Waals surface area (Å²) in [7, 11) is 0. The second-order valence-corrected chi connectivity index (χ2v) is 8.22. The van der Waals surface area contributed by atoms with Crippen LogP contribution in [0.25, 0.3) is 0 Å². The Bertz CT molecular complexity index is 673. The Morgan fingerprint density at radius 3 is 2.30 bits per heavy atom. The van der Waals surface area contributed by atoms with E-state index in [0.29, 0.717) is 6.04 Å². The molecule has 0 radical (unpaired) electrons. The maximum absolute atomic E-state index is 4.41. The molecule has 150 valence electrons. The maximum Gasteiger partial charge on any atom is 0.168 e. The van der Waals surface area contributed by atoms with Crippen molar-refractivity contribution in [3.8, 4) is 0 Å². The normalized spacial score (nSPS) is 17.5. The molecule has 3 rings (SSSR count). The molecule has 1 aromatic carbocycles. The van der Waals surface area contributed by atoms with E-state index in [-0.39, 0.29) is 17.9 Å². The van der Waals surface area contributed by atoms with E-state index in [1.54, 1.807) is 0 Å². The highest BCUT2D eigenvalue weighted by Gasteiger charge is 2.31. The van der Waals surface area contributed by atoms with E-state index in [1.165, 1.54) is 5.56 Å². The monoisotopic (exact) mass is 391 g/mol. The van der Waals surface area contributed by atoms with Crippen molar-refractivity contribution in [2.45, 2.75) is 58.7 Å². The lowest BCUT2D eigenvalue weighted by atomic mass is 10.0. The number of hydrogen-bond acceptors (Lipinski definition) is 5. The van der Waals surface area contributed by atoms with Crippen LogP contribution in [0, 0.1) is 0 Å². The van der Waals surface area contributed by atoms with Crippen LogP contribution in [0.5, 0.6) is 0 Å². The van der Waals surface area contributed by atoms with Crippen molar-refractivity contribution in [2.75, 3.05) is 26.2 Å². The summed E-state index contributed by atoms with van der Waals surface area (Å²) in [5.74, 6) is 1.01. The predicted octanol–water partition coefficient (Wildman–Crippen LogP) is 0.0911. The van der Waals surface area contributed by atoms with Gasteiger partial charge in [0.1, 0.15) is 0 Å². The second-order valence-electron chi connectivity index (χ2n) is 8.22. The van der Waals surface area contributed by atoms with E-state index in [0.717, 1.165) is 51.4 Å². The van der Waals surface area contributed by atoms with Crippen LogP contribution in [0.3, 0.4) is 0 Å². The van der Waals surface area contributed by atoms with Gasteiger partial charge in [-0.2, -0.15) is 0 Å². The quantitative estimate of drug-likeness (QED) is 0.698. The van der Waals surface area contributed by atoms with Crippen LogP contribution in [0.15, 0.2) is 30.3 Å². The lowest BCUT2D eigenvalue weighted by molar-refractivity contribution is -0.00000638. The molecule has 1 aromatic heterocycles. The van der Waals surface area contributed by atoms with Gasteiger partial charge in [0.2, 0.25) is 0 Å². The average Bonchev–Trinajstić information content (AvgIpc) is 3.11. The maximum atomic E-state index is 4.41. The molecule has 0 amide bonds. The third-order valence-electron chi connectivity index (χ3n) is 5.09. The molecule has 0 saturated carbocycles. The van der Waals surface area contributed by atoms with Crippen LogP contribution in [0.1, 0.15) is 58.0 Å². The van der Waals surface area contributed by atoms with E-state index in [1.807, 2.05) is 4.68 Å². The van der Waals surface area contributed by atoms with Crippen molar-refractivity contribution in [2.24, 2.45) is 0 Å². The summed E-state index contributed by atoms with van der Waals surface area (Å²) in [6.07, 6.45) is 2.22. The van der Waals surface area contributed by atoms with Gasteiger partial charge in [-0.05, 0) is 43.2 Å². The van der Waals surface area contributed by atoms with Crippen molar-refractivity contribution in [1.29, 1.82) is 0 Å². The van der Waals surface area contributed by atoms with Gasteiger partial charge in [-0.3, -0.25) is 9.80 Å². The zero-order valence-corrected chi connectivity index (χ0v) is 17.7. The molecule has 1 unspecified atom stereocenters. The van der Waals surface area contributed by atoms with E-state index in [9.17, 15) is 0 Å². The Morgan fingerprint density at radius 2 is 1.70 bits per heavy atom. The lowest BCUT2D eigenvalue weighted by Gasteiger charge is -2.39. The Hall–Kier alpha value is -1.50. The fourth-order valence-electron chi connectivity index (χ4n) is 3.70. The standard InChI is InChI=1S/C20H32N6.ClH/c1-5-9-18(19-21-22-23-26(19)20(2,3)4)25-14-12-24(13-15-25)16-17-10-7-6-8-11-17;/h6-8,10-11,18H,5,9,12-16H2,1-4H3;1H/p-1. The molecule has 1 aliphatic heterocycles. The molecule has 1 fully saturated rings. The van der Waals surface area contributed by atoms with Crippen LogP contribution >= 0.6 is 0 Å². The molecule has 1 saturated heterocycles. The number of rotatable bonds is 6. The Balaban J connectivity index is 0.00000261. The summed E-state index contributed by atoms with van der Waals surface area (Å²) in [6.45, 7) is 14.1. The molecule has 0 spiro atoms. The van der Waals surface area contributed by atoms with Crippen molar-refractivity contribution in [3.05, 3.63) is 41.7 Å². The van der Waals surface area contributed by atoms with Gasteiger partial charge in [0.05, 0.1) is 11.6 Å². The average molecular weight is 392 g/mol. The molecule has 2 aromatic rings. The van der Waals surface area contributed by atoms with Crippen LogP contribution in [0.4, 0.5) is 0 Å². The number of nitrogens with zero attached hydrogens (tertiary/aromatic N) is 6. The Labute approximate surface area is 169 Å². The third kappa shape index (κ3) is 5.50. The highest BCUT2D eigenvalue weighted by atomic mass is 35.5. The first-order chi connectivity index (χ1) is 12.5. The van der Waals surface area contributed by atoms with Crippen molar-refractivity contribution >= 4 is 0 Å². The van der Waals surface area contributed by atoms with Gasteiger partial charge < -0.3 is 12.4 Å². The van der Waals surface area contributed by atoms with Crippen molar-refractivity contribution < 1.29 is 12.4 Å². The third-order valence-corrected chi connectivity index (χ3v) is 5.09. The van der Waals surface area contributed by atoms with E-state index in [2.05, 4.69) is 83.4 Å². The van der Waals surface area contributed by atoms with Gasteiger partial charge in [0.25, 0.3) is 0 Å². The largest absolute Gasteiger partial charge is 1.00 e. The molecule has 7 heteroatoms. The van der Waals surface area contributed by atoms with E-state index < -0.39 is 0 Å². The summed E-state index contributed by atoms with van der Waals surface area (Å²) in [4.78, 5) is 5.11. The fraction of sp³-hybridized carbons (Fsp3) is 0.650. The van der Waals surface area contributed by atoms with E-state index >= 15 is 0 Å². The zero-order chi connectivity index (χ0) is 18.6. The molecular weight excluding hydrogens is 360 g/mol. The van der Waals surface area contributed by atoms with Crippen LogP contribution in [-0.4, -0.2) is 56.2 Å². The van der Waals surface area contributed by atoms with Gasteiger partial charge in [0.15, 0.2) is 5.82 Å². The minimum atomic E-state index is -0.0973. The summed E-state index contributed by atoms with van der Waals surface area (Å²) in [5, 5.41) is 12.7. The molecule has 0 bridgehead atoms. The number of benzene rings is 1.